The van der Waals surface area contributed by atoms with Gasteiger partial charge in [0, 0.05) is 0 Å². The Morgan fingerprint density at radius 1 is 1.23 bits per heavy atom. The van der Waals surface area contributed by atoms with Gasteiger partial charge in [-0.1, -0.05) is 30.3 Å². The van der Waals surface area contributed by atoms with Crippen molar-refractivity contribution < 1.29 is 24.1 Å². The molecule has 5 atom stereocenters. The minimum Gasteiger partial charge on any atom is -0.368 e. The number of hydrogen-bond acceptors (Lipinski definition) is 5. The largest absolute Gasteiger partial charge is 0.368 e. The molecule has 0 aliphatic carbocycles. The Bertz CT molecular complexity index is 489. The summed E-state index contributed by atoms with van der Waals surface area (Å²) in [6.07, 6.45) is -2.38. The summed E-state index contributed by atoms with van der Waals surface area (Å²) >= 11 is 0. The fraction of sp³-hybridized carbons (Fsp3) is 0.647. The summed E-state index contributed by atoms with van der Waals surface area (Å²) in [5.74, 6) is 0. The molecule has 1 aromatic rings. The van der Waals surface area contributed by atoms with Crippen LogP contribution in [0.5, 0.6) is 0 Å². The monoisotopic (exact) mass is 308 g/mol. The van der Waals surface area contributed by atoms with Crippen LogP contribution < -0.4 is 0 Å². The number of hydrogen-bond donors (Lipinski definition) is 1. The van der Waals surface area contributed by atoms with E-state index in [1.54, 1.807) is 0 Å². The maximum atomic E-state index is 10.1. The Morgan fingerprint density at radius 2 is 1.95 bits per heavy atom. The quantitative estimate of drug-likeness (QED) is 0.924. The van der Waals surface area contributed by atoms with Crippen molar-refractivity contribution in [3.8, 4) is 0 Å². The molecule has 2 aliphatic rings. The molecule has 2 aliphatic heterocycles. The molecule has 2 saturated heterocycles. The van der Waals surface area contributed by atoms with Crippen molar-refractivity contribution in [3.63, 3.8) is 0 Å². The zero-order chi connectivity index (χ0) is 15.7. The van der Waals surface area contributed by atoms with Crippen LogP contribution in [0.15, 0.2) is 30.3 Å². The lowest BCUT2D eigenvalue weighted by atomic mass is 9.96. The summed E-state index contributed by atoms with van der Waals surface area (Å²) in [5.41, 5.74) is 0.695. The van der Waals surface area contributed by atoms with Crippen LogP contribution in [0.3, 0.4) is 0 Å². The van der Waals surface area contributed by atoms with Crippen molar-refractivity contribution in [2.75, 3.05) is 6.61 Å². The van der Waals surface area contributed by atoms with Crippen LogP contribution in [0, 0.1) is 0 Å². The zero-order valence-corrected chi connectivity index (χ0v) is 13.3. The highest BCUT2D eigenvalue weighted by molar-refractivity contribution is 5.13. The van der Waals surface area contributed by atoms with Crippen molar-refractivity contribution in [2.45, 2.75) is 63.7 Å². The third-order valence-electron chi connectivity index (χ3n) is 4.11. The molecule has 0 radical (unpaired) electrons. The second-order valence-electron chi connectivity index (χ2n) is 6.61. The average molecular weight is 308 g/mol. The Labute approximate surface area is 131 Å². The van der Waals surface area contributed by atoms with E-state index in [0.717, 1.165) is 5.56 Å². The van der Waals surface area contributed by atoms with E-state index in [0.29, 0.717) is 13.2 Å². The lowest BCUT2D eigenvalue weighted by Crippen LogP contribution is -2.64. The van der Waals surface area contributed by atoms with E-state index in [-0.39, 0.29) is 18.3 Å². The summed E-state index contributed by atoms with van der Waals surface area (Å²) in [4.78, 5) is 0. The maximum absolute atomic E-state index is 10.1. The Hall–Kier alpha value is -0.980. The number of aliphatic hydroxyl groups excluding tert-OH is 1. The molecule has 1 aromatic carbocycles. The molecule has 3 unspecified atom stereocenters. The van der Waals surface area contributed by atoms with Gasteiger partial charge in [-0.15, -0.1) is 0 Å². The first-order valence-electron chi connectivity index (χ1n) is 7.75. The molecule has 3 rings (SSSR count). The Kier molecular flexibility index (Phi) is 4.52. The van der Waals surface area contributed by atoms with Gasteiger partial charge in [-0.05, 0) is 26.3 Å². The summed E-state index contributed by atoms with van der Waals surface area (Å²) < 4.78 is 23.5. The van der Waals surface area contributed by atoms with E-state index in [1.807, 2.05) is 51.1 Å². The standard InChI is InChI=1S/C17H24O5/c1-11-13(19-9-12-7-5-4-6-8-12)14-15(16(18)21-11)20-10-17(2,3)22-14/h4-8,11,13-16,18H,9-10H2,1-3H3/t11?,13-,14?,15?,16+/m0/s1. The Morgan fingerprint density at radius 3 is 2.68 bits per heavy atom. The van der Waals surface area contributed by atoms with E-state index < -0.39 is 18.0 Å². The fourth-order valence-electron chi connectivity index (χ4n) is 3.00. The average Bonchev–Trinajstić information content (AvgIpc) is 2.46. The van der Waals surface area contributed by atoms with Crippen molar-refractivity contribution in [3.05, 3.63) is 35.9 Å². The Balaban J connectivity index is 1.72. The minimum atomic E-state index is -0.979. The summed E-state index contributed by atoms with van der Waals surface area (Å²) in [6, 6.07) is 9.97. The fourth-order valence-corrected chi connectivity index (χ4v) is 3.00. The van der Waals surface area contributed by atoms with Crippen LogP contribution in [0.4, 0.5) is 0 Å². The van der Waals surface area contributed by atoms with Gasteiger partial charge in [0.25, 0.3) is 0 Å². The van der Waals surface area contributed by atoms with Gasteiger partial charge in [-0.3, -0.25) is 0 Å². The number of benzene rings is 1. The molecule has 5 heteroatoms. The molecular weight excluding hydrogens is 284 g/mol. The summed E-state index contributed by atoms with van der Waals surface area (Å²) in [7, 11) is 0. The van der Waals surface area contributed by atoms with Gasteiger partial charge in [0.05, 0.1) is 24.9 Å². The van der Waals surface area contributed by atoms with Crippen LogP contribution in [-0.2, 0) is 25.6 Å². The van der Waals surface area contributed by atoms with Crippen LogP contribution in [-0.4, -0.2) is 48.0 Å². The maximum Gasteiger partial charge on any atom is 0.184 e. The number of rotatable bonds is 3. The van der Waals surface area contributed by atoms with Crippen LogP contribution >= 0.6 is 0 Å². The molecule has 2 heterocycles. The van der Waals surface area contributed by atoms with E-state index >= 15 is 0 Å². The van der Waals surface area contributed by atoms with Crippen LogP contribution in [0.25, 0.3) is 0 Å². The molecule has 0 aromatic heterocycles. The van der Waals surface area contributed by atoms with Gasteiger partial charge in [0.15, 0.2) is 6.29 Å². The molecule has 122 valence electrons. The van der Waals surface area contributed by atoms with Crippen molar-refractivity contribution >= 4 is 0 Å². The minimum absolute atomic E-state index is 0.266. The zero-order valence-electron chi connectivity index (χ0n) is 13.3. The second-order valence-corrected chi connectivity index (χ2v) is 6.61. The predicted molar refractivity (Wildman–Crippen MR) is 80.3 cm³/mol. The number of aliphatic hydroxyl groups is 1. The highest BCUT2D eigenvalue weighted by Crippen LogP contribution is 2.34. The highest BCUT2D eigenvalue weighted by atomic mass is 16.7. The van der Waals surface area contributed by atoms with E-state index in [1.165, 1.54) is 0 Å². The van der Waals surface area contributed by atoms with Gasteiger partial charge in [0.2, 0.25) is 0 Å². The van der Waals surface area contributed by atoms with Gasteiger partial charge in [-0.25, -0.2) is 0 Å². The molecule has 0 spiro atoms. The van der Waals surface area contributed by atoms with Crippen LogP contribution in [0.2, 0.25) is 0 Å². The normalized spacial score (nSPS) is 37.5. The van der Waals surface area contributed by atoms with E-state index in [2.05, 4.69) is 0 Å². The topological polar surface area (TPSA) is 57.2 Å². The predicted octanol–water partition coefficient (Wildman–Crippen LogP) is 1.87. The summed E-state index contributed by atoms with van der Waals surface area (Å²) in [5, 5.41) is 10.1. The van der Waals surface area contributed by atoms with Crippen molar-refractivity contribution in [1.82, 2.24) is 0 Å². The van der Waals surface area contributed by atoms with Crippen molar-refractivity contribution in [2.24, 2.45) is 0 Å². The molecular formula is C17H24O5. The van der Waals surface area contributed by atoms with Crippen molar-refractivity contribution in [1.29, 1.82) is 0 Å². The third-order valence-corrected chi connectivity index (χ3v) is 4.11. The number of fused-ring (bicyclic) bond motifs is 1. The smallest absolute Gasteiger partial charge is 0.184 e. The van der Waals surface area contributed by atoms with Gasteiger partial charge in [-0.2, -0.15) is 0 Å². The molecule has 2 fully saturated rings. The lowest BCUT2D eigenvalue weighted by molar-refractivity contribution is -0.350. The first-order valence-corrected chi connectivity index (χ1v) is 7.75. The third kappa shape index (κ3) is 3.34. The van der Waals surface area contributed by atoms with Gasteiger partial charge < -0.3 is 24.1 Å². The first-order chi connectivity index (χ1) is 10.5. The molecule has 22 heavy (non-hydrogen) atoms. The molecule has 5 nitrogen and oxygen atoms in total. The van der Waals surface area contributed by atoms with E-state index in [4.69, 9.17) is 18.9 Å². The summed E-state index contributed by atoms with van der Waals surface area (Å²) in [6.45, 7) is 6.74. The second kappa shape index (κ2) is 6.26. The highest BCUT2D eigenvalue weighted by Gasteiger charge is 2.51. The first kappa shape index (κ1) is 15.9. The van der Waals surface area contributed by atoms with E-state index in [9.17, 15) is 5.11 Å². The van der Waals surface area contributed by atoms with Gasteiger partial charge >= 0.3 is 0 Å². The lowest BCUT2D eigenvalue weighted by Gasteiger charge is -2.49. The van der Waals surface area contributed by atoms with Gasteiger partial charge in [0.1, 0.15) is 18.3 Å². The molecule has 0 bridgehead atoms. The number of ether oxygens (including phenoxy) is 4. The SMILES string of the molecule is CC1O[C@@H](O)C2OCC(C)(C)OC2[C@H]1OCc1ccccc1. The molecule has 1 N–H and O–H groups in total. The molecule has 0 saturated carbocycles. The van der Waals surface area contributed by atoms with Crippen LogP contribution in [0.1, 0.15) is 26.3 Å². The molecule has 0 amide bonds.